The molecule has 1 aromatic heterocycles. The van der Waals surface area contributed by atoms with E-state index in [9.17, 15) is 4.79 Å². The number of hydrogen-bond donors (Lipinski definition) is 0. The molecule has 0 atom stereocenters. The number of hydrogen-bond acceptors (Lipinski definition) is 3. The zero-order valence-electron chi connectivity index (χ0n) is 16.9. The van der Waals surface area contributed by atoms with Crippen LogP contribution in [0.2, 0.25) is 0 Å². The summed E-state index contributed by atoms with van der Waals surface area (Å²) in [6.45, 7) is 7.19. The Balaban J connectivity index is 1.64. The maximum absolute atomic E-state index is 12.7. The molecule has 1 aliphatic rings. The number of benzene rings is 1. The van der Waals surface area contributed by atoms with E-state index in [0.29, 0.717) is 6.54 Å². The number of aryl methyl sites for hydroxylation is 1. The third-order valence-corrected chi connectivity index (χ3v) is 5.48. The molecule has 0 saturated carbocycles. The number of aromatic nitrogens is 2. The third kappa shape index (κ3) is 4.98. The van der Waals surface area contributed by atoms with E-state index in [1.165, 1.54) is 24.8 Å². The van der Waals surface area contributed by atoms with Gasteiger partial charge in [0.1, 0.15) is 0 Å². The van der Waals surface area contributed by atoms with Gasteiger partial charge < -0.3 is 4.90 Å². The smallest absolute Gasteiger partial charge is 0.236 e. The number of carbonyl (C=O) groups is 1. The molecule has 2 heterocycles. The zero-order chi connectivity index (χ0) is 19.2. The molecule has 3 rings (SSSR count). The molecule has 1 amide bonds. The molecule has 5 heteroatoms. The number of rotatable bonds is 5. The first-order valence-corrected chi connectivity index (χ1v) is 10.1. The molecule has 5 nitrogen and oxygen atoms in total. The van der Waals surface area contributed by atoms with Crippen molar-refractivity contribution in [1.29, 1.82) is 0 Å². The average molecular weight is 369 g/mol. The summed E-state index contributed by atoms with van der Waals surface area (Å²) in [6.07, 6.45) is 6.08. The standard InChI is InChI=1S/C22H32N4O/c1-18-21(19(2)26(23-18)20-12-8-7-9-13-20)16-24(3)17-22(27)25-14-10-5-4-6-11-15-25/h7-9,12-13H,4-6,10-11,14-17H2,1-3H3. The van der Waals surface area contributed by atoms with Crippen molar-refractivity contribution in [2.75, 3.05) is 26.7 Å². The van der Waals surface area contributed by atoms with Crippen molar-refractivity contribution < 1.29 is 4.79 Å². The average Bonchev–Trinajstić information content (AvgIpc) is 2.90. The molecule has 0 spiro atoms. The van der Waals surface area contributed by atoms with E-state index >= 15 is 0 Å². The van der Waals surface area contributed by atoms with Crippen molar-refractivity contribution in [3.8, 4) is 5.69 Å². The monoisotopic (exact) mass is 368 g/mol. The molecule has 0 bridgehead atoms. The van der Waals surface area contributed by atoms with Crippen LogP contribution in [0.1, 0.15) is 49.1 Å². The van der Waals surface area contributed by atoms with E-state index in [1.807, 2.05) is 29.9 Å². The molecule has 2 aromatic rings. The highest BCUT2D eigenvalue weighted by Crippen LogP contribution is 2.19. The minimum Gasteiger partial charge on any atom is -0.342 e. The summed E-state index contributed by atoms with van der Waals surface area (Å²) in [5.74, 6) is 0.255. The Kier molecular flexibility index (Phi) is 6.67. The summed E-state index contributed by atoms with van der Waals surface area (Å²) in [7, 11) is 2.03. The van der Waals surface area contributed by atoms with Crippen LogP contribution in [0, 0.1) is 13.8 Å². The van der Waals surface area contributed by atoms with Crippen molar-refractivity contribution in [2.45, 2.75) is 52.5 Å². The fraction of sp³-hybridized carbons (Fsp3) is 0.545. The number of para-hydroxylation sites is 1. The molecule has 0 N–H and O–H groups in total. The minimum atomic E-state index is 0.255. The molecular weight excluding hydrogens is 336 g/mol. The molecule has 1 aliphatic heterocycles. The van der Waals surface area contributed by atoms with Gasteiger partial charge in [0.2, 0.25) is 5.91 Å². The van der Waals surface area contributed by atoms with Gasteiger partial charge in [-0.25, -0.2) is 4.68 Å². The lowest BCUT2D eigenvalue weighted by Crippen LogP contribution is -2.40. The fourth-order valence-corrected chi connectivity index (χ4v) is 3.88. The van der Waals surface area contributed by atoms with Gasteiger partial charge in [0.25, 0.3) is 0 Å². The first kappa shape index (κ1) is 19.6. The summed E-state index contributed by atoms with van der Waals surface area (Å²) >= 11 is 0. The Morgan fingerprint density at radius 2 is 1.67 bits per heavy atom. The summed E-state index contributed by atoms with van der Waals surface area (Å²) < 4.78 is 2.00. The second kappa shape index (κ2) is 9.18. The second-order valence-corrected chi connectivity index (χ2v) is 7.72. The van der Waals surface area contributed by atoms with Crippen LogP contribution in [0.5, 0.6) is 0 Å². The van der Waals surface area contributed by atoms with Crippen molar-refractivity contribution in [3.05, 3.63) is 47.3 Å². The first-order valence-electron chi connectivity index (χ1n) is 10.1. The predicted octanol–water partition coefficient (Wildman–Crippen LogP) is 3.71. The Morgan fingerprint density at radius 3 is 2.33 bits per heavy atom. The molecule has 146 valence electrons. The van der Waals surface area contributed by atoms with Gasteiger partial charge in [-0.1, -0.05) is 37.5 Å². The van der Waals surface area contributed by atoms with Crippen LogP contribution >= 0.6 is 0 Å². The lowest BCUT2D eigenvalue weighted by Gasteiger charge is -2.27. The first-order chi connectivity index (χ1) is 13.1. The molecule has 0 unspecified atom stereocenters. The van der Waals surface area contributed by atoms with Crippen LogP contribution < -0.4 is 0 Å². The van der Waals surface area contributed by atoms with Crippen LogP contribution in [-0.2, 0) is 11.3 Å². The van der Waals surface area contributed by atoms with E-state index < -0.39 is 0 Å². The number of likely N-dealkylation sites (tertiary alicyclic amines) is 1. The molecule has 0 aliphatic carbocycles. The Hall–Kier alpha value is -2.14. The summed E-state index contributed by atoms with van der Waals surface area (Å²) in [6, 6.07) is 10.2. The van der Waals surface area contributed by atoms with Crippen LogP contribution in [0.4, 0.5) is 0 Å². The second-order valence-electron chi connectivity index (χ2n) is 7.72. The zero-order valence-corrected chi connectivity index (χ0v) is 16.9. The highest BCUT2D eigenvalue weighted by atomic mass is 16.2. The van der Waals surface area contributed by atoms with Gasteiger partial charge in [0.15, 0.2) is 0 Å². The van der Waals surface area contributed by atoms with Crippen LogP contribution in [0.25, 0.3) is 5.69 Å². The van der Waals surface area contributed by atoms with E-state index in [1.54, 1.807) is 0 Å². The third-order valence-electron chi connectivity index (χ3n) is 5.48. The highest BCUT2D eigenvalue weighted by Gasteiger charge is 2.19. The normalized spacial score (nSPS) is 15.6. The van der Waals surface area contributed by atoms with Crippen molar-refractivity contribution in [1.82, 2.24) is 19.6 Å². The highest BCUT2D eigenvalue weighted by molar-refractivity contribution is 5.78. The van der Waals surface area contributed by atoms with Gasteiger partial charge in [-0.15, -0.1) is 0 Å². The number of likely N-dealkylation sites (N-methyl/N-ethyl adjacent to an activating group) is 1. The van der Waals surface area contributed by atoms with Gasteiger partial charge in [-0.2, -0.15) is 5.10 Å². The maximum Gasteiger partial charge on any atom is 0.236 e. The van der Waals surface area contributed by atoms with Gasteiger partial charge in [-0.05, 0) is 45.9 Å². The van der Waals surface area contributed by atoms with Crippen molar-refractivity contribution >= 4 is 5.91 Å². The lowest BCUT2D eigenvalue weighted by molar-refractivity contribution is -0.132. The lowest BCUT2D eigenvalue weighted by atomic mass is 10.1. The largest absolute Gasteiger partial charge is 0.342 e. The van der Waals surface area contributed by atoms with E-state index in [2.05, 4.69) is 35.8 Å². The number of amides is 1. The maximum atomic E-state index is 12.7. The SMILES string of the molecule is Cc1nn(-c2ccccc2)c(C)c1CN(C)CC(=O)N1CCCCCCC1. The molecular formula is C22H32N4O. The Morgan fingerprint density at radius 1 is 1.04 bits per heavy atom. The van der Waals surface area contributed by atoms with Gasteiger partial charge >= 0.3 is 0 Å². The predicted molar refractivity (Wildman–Crippen MR) is 109 cm³/mol. The van der Waals surface area contributed by atoms with Gasteiger partial charge in [0, 0.05) is 30.9 Å². The summed E-state index contributed by atoms with van der Waals surface area (Å²) in [5.41, 5.74) is 4.46. The minimum absolute atomic E-state index is 0.255. The molecule has 27 heavy (non-hydrogen) atoms. The Bertz CT molecular complexity index is 745. The fourth-order valence-electron chi connectivity index (χ4n) is 3.88. The van der Waals surface area contributed by atoms with E-state index in [-0.39, 0.29) is 5.91 Å². The van der Waals surface area contributed by atoms with E-state index in [0.717, 1.165) is 49.6 Å². The topological polar surface area (TPSA) is 41.4 Å². The molecule has 0 radical (unpaired) electrons. The van der Waals surface area contributed by atoms with Crippen LogP contribution in [0.3, 0.4) is 0 Å². The van der Waals surface area contributed by atoms with Crippen LogP contribution in [0.15, 0.2) is 30.3 Å². The van der Waals surface area contributed by atoms with Crippen LogP contribution in [-0.4, -0.2) is 52.2 Å². The molecule has 1 saturated heterocycles. The number of nitrogens with zero attached hydrogens (tertiary/aromatic N) is 4. The Labute approximate surface area is 163 Å². The van der Waals surface area contributed by atoms with E-state index in [4.69, 9.17) is 5.10 Å². The summed E-state index contributed by atoms with van der Waals surface area (Å²) in [5, 5.41) is 4.72. The van der Waals surface area contributed by atoms with Crippen molar-refractivity contribution in [2.24, 2.45) is 0 Å². The van der Waals surface area contributed by atoms with Gasteiger partial charge in [-0.3, -0.25) is 9.69 Å². The van der Waals surface area contributed by atoms with Gasteiger partial charge in [0.05, 0.1) is 17.9 Å². The molecule has 1 aromatic carbocycles. The summed E-state index contributed by atoms with van der Waals surface area (Å²) in [4.78, 5) is 16.9. The molecule has 1 fully saturated rings. The quantitative estimate of drug-likeness (QED) is 0.808. The van der Waals surface area contributed by atoms with Crippen molar-refractivity contribution in [3.63, 3.8) is 0 Å². The number of carbonyl (C=O) groups excluding carboxylic acids is 1.